The van der Waals surface area contributed by atoms with E-state index in [-0.39, 0.29) is 5.56 Å². The number of aromatic nitrogens is 2. The number of thioether (sulfide) groups is 1. The van der Waals surface area contributed by atoms with Crippen molar-refractivity contribution in [3.63, 3.8) is 0 Å². The predicted octanol–water partition coefficient (Wildman–Crippen LogP) is 3.25. The molecule has 0 unspecified atom stereocenters. The summed E-state index contributed by atoms with van der Waals surface area (Å²) in [6.45, 7) is 3.89. The van der Waals surface area contributed by atoms with Gasteiger partial charge in [-0.05, 0) is 31.9 Å². The summed E-state index contributed by atoms with van der Waals surface area (Å²) < 4.78 is 0. The molecule has 4 nitrogen and oxygen atoms in total. The normalized spacial score (nSPS) is 14.8. The first-order chi connectivity index (χ1) is 8.63. The predicted molar refractivity (Wildman–Crippen MR) is 71.3 cm³/mol. The number of rotatable bonds is 6. The van der Waals surface area contributed by atoms with Gasteiger partial charge in [-0.2, -0.15) is 0 Å². The first-order valence-electron chi connectivity index (χ1n) is 6.38. The van der Waals surface area contributed by atoms with Crippen molar-refractivity contribution in [1.82, 2.24) is 9.97 Å². The maximum absolute atomic E-state index is 11.3. The lowest BCUT2D eigenvalue weighted by atomic mass is 10.2. The Morgan fingerprint density at radius 1 is 1.44 bits per heavy atom. The number of aryl methyl sites for hydroxylation is 1. The Morgan fingerprint density at radius 3 is 2.72 bits per heavy atom. The van der Waals surface area contributed by atoms with Crippen LogP contribution in [0.4, 0.5) is 0 Å². The van der Waals surface area contributed by atoms with Gasteiger partial charge in [0.2, 0.25) is 0 Å². The molecular formula is C13H18N2O2S. The minimum Gasteiger partial charge on any atom is -0.478 e. The minimum atomic E-state index is -0.922. The summed E-state index contributed by atoms with van der Waals surface area (Å²) >= 11 is 1.54. The van der Waals surface area contributed by atoms with Gasteiger partial charge >= 0.3 is 5.97 Å². The fourth-order valence-electron chi connectivity index (χ4n) is 1.76. The Bertz CT molecular complexity index is 459. The van der Waals surface area contributed by atoms with Crippen LogP contribution in [-0.2, 0) is 0 Å². The molecule has 1 saturated carbocycles. The Kier molecular flexibility index (Phi) is 4.22. The molecular weight excluding hydrogens is 248 g/mol. The average Bonchev–Trinajstić information content (AvgIpc) is 3.11. The zero-order chi connectivity index (χ0) is 13.1. The number of hydrogen-bond acceptors (Lipinski definition) is 4. The van der Waals surface area contributed by atoms with E-state index in [2.05, 4.69) is 16.9 Å². The lowest BCUT2D eigenvalue weighted by molar-refractivity contribution is 0.0690. The van der Waals surface area contributed by atoms with Crippen LogP contribution in [0.3, 0.4) is 0 Å². The van der Waals surface area contributed by atoms with Crippen molar-refractivity contribution >= 4 is 17.7 Å². The highest BCUT2D eigenvalue weighted by Crippen LogP contribution is 2.39. The lowest BCUT2D eigenvalue weighted by Crippen LogP contribution is -2.09. The number of carboxylic acid groups (broad SMARTS) is 1. The number of unbranched alkanes of at least 4 members (excludes halogenated alkanes) is 1. The quantitative estimate of drug-likeness (QED) is 0.486. The first kappa shape index (κ1) is 13.3. The second-order valence-electron chi connectivity index (χ2n) is 4.63. The van der Waals surface area contributed by atoms with Crippen LogP contribution in [0.15, 0.2) is 5.03 Å². The van der Waals surface area contributed by atoms with Gasteiger partial charge in [0.25, 0.3) is 0 Å². The number of carboxylic acids is 1. The molecule has 1 aliphatic rings. The van der Waals surface area contributed by atoms with Gasteiger partial charge < -0.3 is 5.11 Å². The third-order valence-electron chi connectivity index (χ3n) is 2.97. The van der Waals surface area contributed by atoms with Gasteiger partial charge in [0.1, 0.15) is 16.4 Å². The summed E-state index contributed by atoms with van der Waals surface area (Å²) in [5.41, 5.74) is 0.874. The van der Waals surface area contributed by atoms with Gasteiger partial charge in [0, 0.05) is 5.92 Å². The molecule has 0 amide bonds. The number of carbonyl (C=O) groups is 1. The molecule has 0 aliphatic heterocycles. The van der Waals surface area contributed by atoms with E-state index >= 15 is 0 Å². The van der Waals surface area contributed by atoms with E-state index in [4.69, 9.17) is 0 Å². The van der Waals surface area contributed by atoms with E-state index < -0.39 is 5.97 Å². The van der Waals surface area contributed by atoms with Crippen LogP contribution in [0.5, 0.6) is 0 Å². The largest absolute Gasteiger partial charge is 0.478 e. The van der Waals surface area contributed by atoms with Gasteiger partial charge in [-0.1, -0.05) is 13.3 Å². The molecule has 1 heterocycles. The zero-order valence-corrected chi connectivity index (χ0v) is 11.6. The number of aromatic carboxylic acids is 1. The van der Waals surface area contributed by atoms with Crippen molar-refractivity contribution in [2.75, 3.05) is 5.75 Å². The van der Waals surface area contributed by atoms with E-state index in [1.165, 1.54) is 0 Å². The fourth-order valence-corrected chi connectivity index (χ4v) is 2.92. The Balaban J connectivity index is 2.28. The van der Waals surface area contributed by atoms with Gasteiger partial charge in [-0.25, -0.2) is 14.8 Å². The summed E-state index contributed by atoms with van der Waals surface area (Å²) in [6, 6.07) is 0. The maximum atomic E-state index is 11.3. The van der Waals surface area contributed by atoms with Crippen LogP contribution in [0.2, 0.25) is 0 Å². The third-order valence-corrected chi connectivity index (χ3v) is 4.03. The van der Waals surface area contributed by atoms with Gasteiger partial charge in [-0.3, -0.25) is 0 Å². The molecule has 1 aliphatic carbocycles. The van der Waals surface area contributed by atoms with Crippen molar-refractivity contribution in [1.29, 1.82) is 0 Å². The van der Waals surface area contributed by atoms with Crippen LogP contribution < -0.4 is 0 Å². The second kappa shape index (κ2) is 5.69. The SMILES string of the molecule is CCCCSc1nc(C2CC2)nc(C)c1C(=O)O. The van der Waals surface area contributed by atoms with Crippen molar-refractivity contribution < 1.29 is 9.90 Å². The van der Waals surface area contributed by atoms with Gasteiger partial charge in [-0.15, -0.1) is 11.8 Å². The Labute approximate surface area is 111 Å². The van der Waals surface area contributed by atoms with Gasteiger partial charge in [0.15, 0.2) is 0 Å². The summed E-state index contributed by atoms with van der Waals surface area (Å²) in [6.07, 6.45) is 4.44. The molecule has 1 fully saturated rings. The fraction of sp³-hybridized carbons (Fsp3) is 0.615. The van der Waals surface area contributed by atoms with Crippen LogP contribution in [-0.4, -0.2) is 26.8 Å². The highest BCUT2D eigenvalue weighted by molar-refractivity contribution is 7.99. The van der Waals surface area contributed by atoms with E-state index in [0.717, 1.165) is 37.3 Å². The van der Waals surface area contributed by atoms with E-state index in [0.29, 0.717) is 16.6 Å². The molecule has 0 radical (unpaired) electrons. The number of nitrogens with zero attached hydrogens (tertiary/aromatic N) is 2. The molecule has 0 bridgehead atoms. The summed E-state index contributed by atoms with van der Waals surface area (Å²) in [4.78, 5) is 20.1. The molecule has 1 aromatic heterocycles. The Morgan fingerprint density at radius 2 is 2.17 bits per heavy atom. The molecule has 0 aromatic carbocycles. The molecule has 0 spiro atoms. The molecule has 98 valence electrons. The van der Waals surface area contributed by atoms with Crippen molar-refractivity contribution in [3.05, 3.63) is 17.1 Å². The van der Waals surface area contributed by atoms with E-state index in [1.807, 2.05) is 0 Å². The number of hydrogen-bond donors (Lipinski definition) is 1. The summed E-state index contributed by atoms with van der Waals surface area (Å²) in [7, 11) is 0. The maximum Gasteiger partial charge on any atom is 0.340 e. The molecule has 1 aromatic rings. The average molecular weight is 266 g/mol. The second-order valence-corrected chi connectivity index (χ2v) is 5.71. The highest BCUT2D eigenvalue weighted by Gasteiger charge is 2.29. The van der Waals surface area contributed by atoms with Crippen LogP contribution in [0.1, 0.15) is 60.4 Å². The van der Waals surface area contributed by atoms with E-state index in [1.54, 1.807) is 18.7 Å². The topological polar surface area (TPSA) is 63.1 Å². The molecule has 2 rings (SSSR count). The van der Waals surface area contributed by atoms with Crippen molar-refractivity contribution in [2.24, 2.45) is 0 Å². The molecule has 0 atom stereocenters. The lowest BCUT2D eigenvalue weighted by Gasteiger charge is -2.09. The summed E-state index contributed by atoms with van der Waals surface area (Å²) in [5, 5.41) is 9.90. The van der Waals surface area contributed by atoms with Crippen LogP contribution >= 0.6 is 11.8 Å². The minimum absolute atomic E-state index is 0.278. The third kappa shape index (κ3) is 3.02. The smallest absolute Gasteiger partial charge is 0.340 e. The zero-order valence-electron chi connectivity index (χ0n) is 10.8. The van der Waals surface area contributed by atoms with E-state index in [9.17, 15) is 9.90 Å². The molecule has 1 N–H and O–H groups in total. The molecule has 18 heavy (non-hydrogen) atoms. The standard InChI is InChI=1S/C13H18N2O2S/c1-3-4-7-18-12-10(13(16)17)8(2)14-11(15-12)9-5-6-9/h9H,3-7H2,1-2H3,(H,16,17). The monoisotopic (exact) mass is 266 g/mol. The first-order valence-corrected chi connectivity index (χ1v) is 7.36. The summed E-state index contributed by atoms with van der Waals surface area (Å²) in [5.74, 6) is 1.28. The van der Waals surface area contributed by atoms with Crippen molar-refractivity contribution in [3.8, 4) is 0 Å². The van der Waals surface area contributed by atoms with Crippen molar-refractivity contribution in [2.45, 2.75) is 50.5 Å². The van der Waals surface area contributed by atoms with Gasteiger partial charge in [0.05, 0.1) is 5.69 Å². The van der Waals surface area contributed by atoms with Crippen LogP contribution in [0.25, 0.3) is 0 Å². The Hall–Kier alpha value is -1.10. The highest BCUT2D eigenvalue weighted by atomic mass is 32.2. The molecule has 0 saturated heterocycles. The van der Waals surface area contributed by atoms with Crippen LogP contribution in [0, 0.1) is 6.92 Å². The molecule has 5 heteroatoms.